The summed E-state index contributed by atoms with van der Waals surface area (Å²) in [6, 6.07) is 2.84. The van der Waals surface area contributed by atoms with Crippen LogP contribution >= 0.6 is 22.9 Å². The number of aromatic nitrogens is 2. The molecule has 0 unspecified atom stereocenters. The van der Waals surface area contributed by atoms with Gasteiger partial charge in [0.2, 0.25) is 5.28 Å². The maximum Gasteiger partial charge on any atom is 0.224 e. The second-order valence-corrected chi connectivity index (χ2v) is 8.77. The van der Waals surface area contributed by atoms with Gasteiger partial charge in [-0.15, -0.1) is 11.3 Å². The van der Waals surface area contributed by atoms with Crippen molar-refractivity contribution < 1.29 is 4.74 Å². The van der Waals surface area contributed by atoms with Crippen LogP contribution in [-0.4, -0.2) is 79.3 Å². The molecule has 2 aliphatic rings. The zero-order chi connectivity index (χ0) is 18.1. The van der Waals surface area contributed by atoms with Crippen LogP contribution in [0.4, 0.5) is 5.82 Å². The number of rotatable bonds is 4. The van der Waals surface area contributed by atoms with Crippen molar-refractivity contribution in [2.75, 3.05) is 58.4 Å². The minimum Gasteiger partial charge on any atom is -0.378 e. The third kappa shape index (κ3) is 3.97. The summed E-state index contributed by atoms with van der Waals surface area (Å²) in [7, 11) is 4.44. The van der Waals surface area contributed by atoms with E-state index >= 15 is 0 Å². The van der Waals surface area contributed by atoms with Gasteiger partial charge >= 0.3 is 0 Å². The molecule has 0 spiro atoms. The molecular formula is C18H26ClN5OS. The van der Waals surface area contributed by atoms with Gasteiger partial charge in [0.25, 0.3) is 0 Å². The highest BCUT2D eigenvalue weighted by Gasteiger charge is 2.23. The molecule has 0 saturated carbocycles. The minimum atomic E-state index is 0.326. The van der Waals surface area contributed by atoms with E-state index in [1.54, 1.807) is 11.3 Å². The fourth-order valence-corrected chi connectivity index (χ4v) is 5.16. The Bertz CT molecular complexity index is 755. The van der Waals surface area contributed by atoms with Gasteiger partial charge in [0.15, 0.2) is 5.82 Å². The Morgan fingerprint density at radius 2 is 1.96 bits per heavy atom. The predicted octanol–water partition coefficient (Wildman–Crippen LogP) is 2.71. The lowest BCUT2D eigenvalue weighted by molar-refractivity contribution is 0.122. The van der Waals surface area contributed by atoms with Crippen molar-refractivity contribution in [1.82, 2.24) is 19.8 Å². The second kappa shape index (κ2) is 7.94. The summed E-state index contributed by atoms with van der Waals surface area (Å²) in [5.74, 6) is 0.960. The Labute approximate surface area is 163 Å². The van der Waals surface area contributed by atoms with E-state index in [2.05, 4.69) is 44.8 Å². The summed E-state index contributed by atoms with van der Waals surface area (Å²) >= 11 is 8.00. The molecule has 0 aliphatic carbocycles. The van der Waals surface area contributed by atoms with E-state index in [4.69, 9.17) is 16.3 Å². The third-order valence-electron chi connectivity index (χ3n) is 5.40. The van der Waals surface area contributed by atoms with Crippen LogP contribution in [0.3, 0.4) is 0 Å². The van der Waals surface area contributed by atoms with Gasteiger partial charge in [0.1, 0.15) is 0 Å². The Morgan fingerprint density at radius 3 is 2.69 bits per heavy atom. The van der Waals surface area contributed by atoms with Crippen molar-refractivity contribution in [3.63, 3.8) is 0 Å². The normalized spacial score (nSPS) is 20.4. The van der Waals surface area contributed by atoms with Crippen LogP contribution in [-0.2, 0) is 11.3 Å². The molecule has 26 heavy (non-hydrogen) atoms. The Kier molecular flexibility index (Phi) is 5.61. The Morgan fingerprint density at radius 1 is 1.23 bits per heavy atom. The lowest BCUT2D eigenvalue weighted by Gasteiger charge is -2.34. The molecule has 4 heterocycles. The van der Waals surface area contributed by atoms with Crippen LogP contribution in [0.25, 0.3) is 10.2 Å². The number of hydrogen-bond donors (Lipinski definition) is 0. The monoisotopic (exact) mass is 395 g/mol. The first-order valence-electron chi connectivity index (χ1n) is 9.27. The maximum absolute atomic E-state index is 6.20. The highest BCUT2D eigenvalue weighted by atomic mass is 35.5. The van der Waals surface area contributed by atoms with Crippen LogP contribution in [0.1, 0.15) is 17.7 Å². The molecular weight excluding hydrogens is 370 g/mol. The zero-order valence-electron chi connectivity index (χ0n) is 15.4. The lowest BCUT2D eigenvalue weighted by Crippen LogP contribution is -2.41. The lowest BCUT2D eigenvalue weighted by atomic mass is 10.0. The molecule has 2 aromatic rings. The second-order valence-electron chi connectivity index (χ2n) is 7.29. The van der Waals surface area contributed by atoms with Gasteiger partial charge < -0.3 is 14.5 Å². The van der Waals surface area contributed by atoms with Crippen molar-refractivity contribution in [3.8, 4) is 0 Å². The van der Waals surface area contributed by atoms with Gasteiger partial charge in [0.05, 0.1) is 23.4 Å². The van der Waals surface area contributed by atoms with Crippen LogP contribution in [0.2, 0.25) is 5.28 Å². The van der Waals surface area contributed by atoms with Crippen molar-refractivity contribution in [2.24, 2.45) is 0 Å². The van der Waals surface area contributed by atoms with Gasteiger partial charge in [0, 0.05) is 30.6 Å². The van der Waals surface area contributed by atoms with Gasteiger partial charge in [-0.05, 0) is 57.7 Å². The molecule has 4 rings (SSSR count). The highest BCUT2D eigenvalue weighted by molar-refractivity contribution is 7.19. The standard InChI is InChI=1S/C18H26ClN5OS/c1-22-5-3-13(4-6-22)23(2)12-14-11-15-16(26-14)17(21-18(19)20-15)24-7-9-25-10-8-24/h11,13H,3-10,12H2,1-2H3. The molecule has 2 aliphatic heterocycles. The van der Waals surface area contributed by atoms with Crippen LogP contribution in [0, 0.1) is 0 Å². The van der Waals surface area contributed by atoms with Crippen molar-refractivity contribution in [1.29, 1.82) is 0 Å². The van der Waals surface area contributed by atoms with Crippen molar-refractivity contribution >= 4 is 39.0 Å². The predicted molar refractivity (Wildman–Crippen MR) is 107 cm³/mol. The number of likely N-dealkylation sites (tertiary alicyclic amines) is 1. The first-order valence-corrected chi connectivity index (χ1v) is 10.5. The average Bonchev–Trinajstić information content (AvgIpc) is 3.04. The molecule has 2 saturated heterocycles. The number of hydrogen-bond acceptors (Lipinski definition) is 7. The number of halogens is 1. The van der Waals surface area contributed by atoms with E-state index < -0.39 is 0 Å². The van der Waals surface area contributed by atoms with Crippen molar-refractivity contribution in [3.05, 3.63) is 16.2 Å². The summed E-state index contributed by atoms with van der Waals surface area (Å²) in [5, 5.41) is 0.326. The van der Waals surface area contributed by atoms with E-state index in [1.165, 1.54) is 30.8 Å². The molecule has 8 heteroatoms. The van der Waals surface area contributed by atoms with E-state index in [1.807, 2.05) is 0 Å². The zero-order valence-corrected chi connectivity index (χ0v) is 17.0. The summed E-state index contributed by atoms with van der Waals surface area (Å²) in [4.78, 5) is 17.5. The summed E-state index contributed by atoms with van der Waals surface area (Å²) in [5.41, 5.74) is 0.961. The molecule has 0 N–H and O–H groups in total. The summed E-state index contributed by atoms with van der Waals surface area (Å²) in [6.45, 7) is 6.50. The molecule has 0 radical (unpaired) electrons. The van der Waals surface area contributed by atoms with Crippen molar-refractivity contribution in [2.45, 2.75) is 25.4 Å². The number of fused-ring (bicyclic) bond motifs is 1. The number of nitrogens with zero attached hydrogens (tertiary/aromatic N) is 5. The number of morpholine rings is 1. The number of piperidine rings is 1. The Balaban J connectivity index is 1.55. The number of anilines is 1. The van der Waals surface area contributed by atoms with Gasteiger partial charge in [-0.2, -0.15) is 4.98 Å². The summed E-state index contributed by atoms with van der Waals surface area (Å²) in [6.07, 6.45) is 2.48. The molecule has 142 valence electrons. The Hall–Kier alpha value is -0.990. The minimum absolute atomic E-state index is 0.326. The molecule has 6 nitrogen and oxygen atoms in total. The van der Waals surface area contributed by atoms with Gasteiger partial charge in [-0.25, -0.2) is 4.98 Å². The van der Waals surface area contributed by atoms with E-state index in [9.17, 15) is 0 Å². The fourth-order valence-electron chi connectivity index (χ4n) is 3.81. The van der Waals surface area contributed by atoms with E-state index in [-0.39, 0.29) is 0 Å². The van der Waals surface area contributed by atoms with Crippen LogP contribution in [0.5, 0.6) is 0 Å². The number of thiophene rings is 1. The van der Waals surface area contributed by atoms with E-state index in [0.717, 1.165) is 48.9 Å². The molecule has 0 aromatic carbocycles. The molecule has 0 atom stereocenters. The van der Waals surface area contributed by atoms with E-state index in [0.29, 0.717) is 11.3 Å². The molecule has 0 amide bonds. The molecule has 0 bridgehead atoms. The SMILES string of the molecule is CN1CCC(N(C)Cc2cc3nc(Cl)nc(N4CCOCC4)c3s2)CC1. The molecule has 2 fully saturated rings. The maximum atomic E-state index is 6.20. The quantitative estimate of drug-likeness (QED) is 0.742. The largest absolute Gasteiger partial charge is 0.378 e. The van der Waals surface area contributed by atoms with Gasteiger partial charge in [-0.1, -0.05) is 0 Å². The van der Waals surface area contributed by atoms with Crippen LogP contribution in [0.15, 0.2) is 6.07 Å². The smallest absolute Gasteiger partial charge is 0.224 e. The van der Waals surface area contributed by atoms with Gasteiger partial charge in [-0.3, -0.25) is 4.90 Å². The summed E-state index contributed by atoms with van der Waals surface area (Å²) < 4.78 is 6.61. The third-order valence-corrected chi connectivity index (χ3v) is 6.68. The fraction of sp³-hybridized carbons (Fsp3) is 0.667. The number of ether oxygens (including phenoxy) is 1. The van der Waals surface area contributed by atoms with Crippen LogP contribution < -0.4 is 4.90 Å². The first-order chi connectivity index (χ1) is 12.6. The first kappa shape index (κ1) is 18.4. The molecule has 2 aromatic heterocycles. The highest BCUT2D eigenvalue weighted by Crippen LogP contribution is 2.34. The average molecular weight is 396 g/mol. The topological polar surface area (TPSA) is 44.7 Å².